The second-order valence-corrected chi connectivity index (χ2v) is 2.86. The molecule has 0 aromatic rings. The number of rotatable bonds is 2. The normalized spacial score (nSPS) is 21.1. The maximum absolute atomic E-state index is 10.7. The standard InChI is InChI=1S/C6H10O2S/c1-8-6(7)5(9)4-2-3-4/h4-5,9H,2-3H2,1H3/t5-/m1/s1. The zero-order chi connectivity index (χ0) is 6.85. The Kier molecular flexibility index (Phi) is 2.01. The molecule has 9 heavy (non-hydrogen) atoms. The molecule has 2 nitrogen and oxygen atoms in total. The van der Waals surface area contributed by atoms with Gasteiger partial charge in [0.1, 0.15) is 5.25 Å². The molecule has 0 aliphatic heterocycles. The fourth-order valence-electron chi connectivity index (χ4n) is 0.725. The summed E-state index contributed by atoms with van der Waals surface area (Å²) in [7, 11) is 1.40. The first kappa shape index (κ1) is 6.93. The molecule has 0 amide bonds. The fourth-order valence-corrected chi connectivity index (χ4v) is 1.13. The number of thiol groups is 1. The van der Waals surface area contributed by atoms with Gasteiger partial charge < -0.3 is 4.74 Å². The van der Waals surface area contributed by atoms with Crippen LogP contribution in [0.2, 0.25) is 0 Å². The van der Waals surface area contributed by atoms with Crippen LogP contribution in [0.15, 0.2) is 0 Å². The van der Waals surface area contributed by atoms with Gasteiger partial charge in [0.05, 0.1) is 7.11 Å². The highest BCUT2D eigenvalue weighted by atomic mass is 32.1. The Hall–Kier alpha value is -0.180. The molecule has 0 radical (unpaired) electrons. The van der Waals surface area contributed by atoms with Crippen molar-refractivity contribution in [3.8, 4) is 0 Å². The zero-order valence-electron chi connectivity index (χ0n) is 5.33. The van der Waals surface area contributed by atoms with Crippen molar-refractivity contribution in [2.24, 2.45) is 5.92 Å². The number of methoxy groups -OCH3 is 1. The van der Waals surface area contributed by atoms with Crippen molar-refractivity contribution in [1.29, 1.82) is 0 Å². The third kappa shape index (κ3) is 1.61. The summed E-state index contributed by atoms with van der Waals surface area (Å²) in [4.78, 5) is 10.7. The van der Waals surface area contributed by atoms with Gasteiger partial charge in [0.15, 0.2) is 0 Å². The highest BCUT2D eigenvalue weighted by molar-refractivity contribution is 7.81. The second-order valence-electron chi connectivity index (χ2n) is 2.31. The number of carbonyl (C=O) groups excluding carboxylic acids is 1. The van der Waals surface area contributed by atoms with Gasteiger partial charge in [0.2, 0.25) is 0 Å². The molecule has 0 N–H and O–H groups in total. The minimum atomic E-state index is -0.194. The van der Waals surface area contributed by atoms with Crippen molar-refractivity contribution in [3.63, 3.8) is 0 Å². The molecule has 1 aliphatic carbocycles. The van der Waals surface area contributed by atoms with Crippen molar-refractivity contribution < 1.29 is 9.53 Å². The molecule has 0 heterocycles. The van der Waals surface area contributed by atoms with E-state index in [1.54, 1.807) is 0 Å². The van der Waals surface area contributed by atoms with Gasteiger partial charge in [-0.25, -0.2) is 0 Å². The average molecular weight is 146 g/mol. The number of hydrogen-bond acceptors (Lipinski definition) is 3. The molecule has 52 valence electrons. The van der Waals surface area contributed by atoms with Crippen LogP contribution in [0, 0.1) is 5.92 Å². The Morgan fingerprint density at radius 2 is 2.33 bits per heavy atom. The summed E-state index contributed by atoms with van der Waals surface area (Å²) in [6.45, 7) is 0. The van der Waals surface area contributed by atoms with Gasteiger partial charge in [0, 0.05) is 0 Å². The van der Waals surface area contributed by atoms with Gasteiger partial charge >= 0.3 is 5.97 Å². The quantitative estimate of drug-likeness (QED) is 0.462. The van der Waals surface area contributed by atoms with Gasteiger partial charge in [0.25, 0.3) is 0 Å². The monoisotopic (exact) mass is 146 g/mol. The number of ether oxygens (including phenoxy) is 1. The smallest absolute Gasteiger partial charge is 0.318 e. The average Bonchev–Trinajstić information content (AvgIpc) is 2.66. The number of carbonyl (C=O) groups is 1. The van der Waals surface area contributed by atoms with Crippen molar-refractivity contribution in [1.82, 2.24) is 0 Å². The van der Waals surface area contributed by atoms with Gasteiger partial charge in [-0.15, -0.1) is 0 Å². The molecule has 1 aliphatic rings. The molecule has 0 saturated heterocycles. The lowest BCUT2D eigenvalue weighted by atomic mass is 10.3. The van der Waals surface area contributed by atoms with Crippen LogP contribution in [-0.4, -0.2) is 18.3 Å². The molecule has 0 aromatic heterocycles. The summed E-state index contributed by atoms with van der Waals surface area (Å²) in [5.41, 5.74) is 0. The SMILES string of the molecule is COC(=O)[C@H](S)C1CC1. The van der Waals surface area contributed by atoms with E-state index in [1.807, 2.05) is 0 Å². The summed E-state index contributed by atoms with van der Waals surface area (Å²) < 4.78 is 4.50. The topological polar surface area (TPSA) is 26.3 Å². The minimum absolute atomic E-state index is 0.171. The molecule has 0 spiro atoms. The largest absolute Gasteiger partial charge is 0.468 e. The highest BCUT2D eigenvalue weighted by Crippen LogP contribution is 2.35. The fraction of sp³-hybridized carbons (Fsp3) is 0.833. The maximum atomic E-state index is 10.7. The van der Waals surface area contributed by atoms with E-state index in [-0.39, 0.29) is 11.2 Å². The Labute approximate surface area is 60.0 Å². The first-order valence-corrected chi connectivity index (χ1v) is 3.53. The molecule has 1 fully saturated rings. The Morgan fingerprint density at radius 3 is 2.67 bits per heavy atom. The number of hydrogen-bond donors (Lipinski definition) is 1. The molecular weight excluding hydrogens is 136 g/mol. The van der Waals surface area contributed by atoms with Crippen LogP contribution < -0.4 is 0 Å². The van der Waals surface area contributed by atoms with Crippen molar-refractivity contribution >= 4 is 18.6 Å². The summed E-state index contributed by atoms with van der Waals surface area (Å²) in [5, 5.41) is -0.171. The highest BCUT2D eigenvalue weighted by Gasteiger charge is 2.33. The van der Waals surface area contributed by atoms with E-state index in [9.17, 15) is 4.79 Å². The Bertz CT molecular complexity index is 120. The van der Waals surface area contributed by atoms with Crippen molar-refractivity contribution in [2.45, 2.75) is 18.1 Å². The number of esters is 1. The van der Waals surface area contributed by atoms with Crippen LogP contribution in [-0.2, 0) is 9.53 Å². The van der Waals surface area contributed by atoms with Crippen LogP contribution >= 0.6 is 12.6 Å². The molecule has 1 atom stereocenters. The Balaban J connectivity index is 2.30. The van der Waals surface area contributed by atoms with E-state index in [0.29, 0.717) is 5.92 Å². The second kappa shape index (κ2) is 2.60. The van der Waals surface area contributed by atoms with Crippen LogP contribution in [0.5, 0.6) is 0 Å². The van der Waals surface area contributed by atoms with E-state index in [2.05, 4.69) is 17.4 Å². The third-order valence-corrected chi connectivity index (χ3v) is 2.14. The first-order chi connectivity index (χ1) is 4.25. The molecular formula is C6H10O2S. The summed E-state index contributed by atoms with van der Waals surface area (Å²) in [6, 6.07) is 0. The van der Waals surface area contributed by atoms with E-state index < -0.39 is 0 Å². The molecule has 0 aromatic carbocycles. The van der Waals surface area contributed by atoms with Crippen LogP contribution in [0.25, 0.3) is 0 Å². The van der Waals surface area contributed by atoms with Gasteiger partial charge in [-0.05, 0) is 18.8 Å². The van der Waals surface area contributed by atoms with Gasteiger partial charge in [-0.3, -0.25) is 4.79 Å². The third-order valence-electron chi connectivity index (χ3n) is 1.51. The predicted octanol–water partition coefficient (Wildman–Crippen LogP) is 0.868. The van der Waals surface area contributed by atoms with E-state index in [4.69, 9.17) is 0 Å². The molecule has 3 heteroatoms. The minimum Gasteiger partial charge on any atom is -0.468 e. The van der Waals surface area contributed by atoms with E-state index >= 15 is 0 Å². The van der Waals surface area contributed by atoms with Gasteiger partial charge in [-0.2, -0.15) is 12.6 Å². The van der Waals surface area contributed by atoms with Crippen molar-refractivity contribution in [2.75, 3.05) is 7.11 Å². The lowest BCUT2D eigenvalue weighted by Crippen LogP contribution is -2.17. The molecule has 0 unspecified atom stereocenters. The molecule has 1 saturated carbocycles. The Morgan fingerprint density at radius 1 is 1.78 bits per heavy atom. The van der Waals surface area contributed by atoms with Crippen LogP contribution in [0.3, 0.4) is 0 Å². The molecule has 1 rings (SSSR count). The zero-order valence-corrected chi connectivity index (χ0v) is 6.23. The van der Waals surface area contributed by atoms with Crippen LogP contribution in [0.1, 0.15) is 12.8 Å². The van der Waals surface area contributed by atoms with Gasteiger partial charge in [-0.1, -0.05) is 0 Å². The summed E-state index contributed by atoms with van der Waals surface area (Å²) in [6.07, 6.45) is 2.26. The summed E-state index contributed by atoms with van der Waals surface area (Å²) in [5.74, 6) is 0.293. The van der Waals surface area contributed by atoms with E-state index in [0.717, 1.165) is 12.8 Å². The first-order valence-electron chi connectivity index (χ1n) is 3.01. The van der Waals surface area contributed by atoms with Crippen LogP contribution in [0.4, 0.5) is 0 Å². The lowest BCUT2D eigenvalue weighted by Gasteiger charge is -2.03. The summed E-state index contributed by atoms with van der Waals surface area (Å²) >= 11 is 4.09. The maximum Gasteiger partial charge on any atom is 0.318 e. The molecule has 0 bridgehead atoms. The van der Waals surface area contributed by atoms with E-state index in [1.165, 1.54) is 7.11 Å². The van der Waals surface area contributed by atoms with Crippen molar-refractivity contribution in [3.05, 3.63) is 0 Å². The lowest BCUT2D eigenvalue weighted by molar-refractivity contribution is -0.140. The predicted molar refractivity (Wildman–Crippen MR) is 37.5 cm³/mol.